The fourth-order valence-corrected chi connectivity index (χ4v) is 9.10. The molecule has 8 rings (SSSR count). The largest absolute Gasteiger partial charge is 0.453 e. The minimum absolute atomic E-state index is 0.156. The van der Waals surface area contributed by atoms with Crippen molar-refractivity contribution in [2.75, 3.05) is 53.9 Å². The highest BCUT2D eigenvalue weighted by atomic mass is 16.7. The molecule has 0 radical (unpaired) electrons. The highest BCUT2D eigenvalue weighted by Crippen LogP contribution is 2.43. The standard InChI is InChI=1S/C45H55N7O10/c1-26(2)37(49-42(55)57-5)40(53)51-22-44(24-59-25-62-44)18-36(51)39-47-21-34(48-39)31-13-11-29(12-14-31)28-7-9-30(10-8-28)32-17-33(46-20-32)35-19-45(60-15-16-61-45)23-52(35)41(54)38(27(3)4)50-43(56)58-6/h7-14,20-21,26-27,35-38H,15-19,22-25H2,1-6H3,(H,47,48)(H,49,55)(H,50,56)/t35-,36-,37-,38-,44?/m0/s1. The summed E-state index contributed by atoms with van der Waals surface area (Å²) in [5, 5.41) is 5.41. The van der Waals surface area contributed by atoms with Crippen LogP contribution in [0, 0.1) is 11.8 Å². The molecular formula is C45H55N7O10. The van der Waals surface area contributed by atoms with Crippen molar-refractivity contribution in [2.45, 2.75) is 82.5 Å². The number of aromatic amines is 1. The van der Waals surface area contributed by atoms with Gasteiger partial charge in [0.05, 0.1) is 71.1 Å². The fraction of sp³-hybridized carbons (Fsp3) is 0.511. The summed E-state index contributed by atoms with van der Waals surface area (Å²) in [4.78, 5) is 68.8. The molecule has 1 aromatic heterocycles. The van der Waals surface area contributed by atoms with Crippen LogP contribution in [-0.4, -0.2) is 133 Å². The van der Waals surface area contributed by atoms with Gasteiger partial charge in [0.2, 0.25) is 11.8 Å². The molecule has 0 saturated carbocycles. The SMILES string of the molecule is COC(=O)N[C@H](C(=O)N1CC2(C[C@H]1C1=NC=C(c3ccc(-c4ccc(-c5cnc([C@@H]6CC7(COCO7)CN6C(=O)[C@@H](NC(=O)OC)C(C)C)[nH]5)cc4)cc3)C1)OCCO2)C(C)C. The molecule has 6 heterocycles. The quantitative estimate of drug-likeness (QED) is 0.234. The first kappa shape index (κ1) is 43.0. The Hall–Kier alpha value is -5.62. The van der Waals surface area contributed by atoms with Crippen LogP contribution in [0.3, 0.4) is 0 Å². The number of ether oxygens (including phenoxy) is 6. The molecule has 3 N–H and O–H groups in total. The highest BCUT2D eigenvalue weighted by Gasteiger charge is 2.54. The molecule has 0 bridgehead atoms. The molecule has 0 aliphatic carbocycles. The lowest BCUT2D eigenvalue weighted by atomic mass is 9.95. The van der Waals surface area contributed by atoms with E-state index in [4.69, 9.17) is 38.4 Å². The number of carbonyl (C=O) groups is 4. The van der Waals surface area contributed by atoms with Gasteiger partial charge in [0.25, 0.3) is 0 Å². The third kappa shape index (κ3) is 8.58. The van der Waals surface area contributed by atoms with E-state index in [2.05, 4.69) is 52.0 Å². The van der Waals surface area contributed by atoms with Crippen LogP contribution in [0.2, 0.25) is 0 Å². The first-order valence-electron chi connectivity index (χ1n) is 21.1. The number of aliphatic imine (C=N–C) groups is 1. The smallest absolute Gasteiger partial charge is 0.407 e. The summed E-state index contributed by atoms with van der Waals surface area (Å²) in [6.07, 6.45) is 3.81. The van der Waals surface area contributed by atoms with Crippen LogP contribution in [0.5, 0.6) is 0 Å². The Labute approximate surface area is 360 Å². The molecule has 17 heteroatoms. The maximum atomic E-state index is 14.0. The number of H-pyrrole nitrogens is 1. The summed E-state index contributed by atoms with van der Waals surface area (Å²) < 4.78 is 33.3. The van der Waals surface area contributed by atoms with Gasteiger partial charge >= 0.3 is 12.2 Å². The summed E-state index contributed by atoms with van der Waals surface area (Å²) in [5.41, 5.74) is 6.04. The molecule has 3 aromatic rings. The number of nitrogens with one attached hydrogen (secondary N) is 3. The van der Waals surface area contributed by atoms with E-state index < -0.39 is 41.7 Å². The molecule has 4 saturated heterocycles. The second-order valence-electron chi connectivity index (χ2n) is 17.3. The predicted molar refractivity (Wildman–Crippen MR) is 226 cm³/mol. The van der Waals surface area contributed by atoms with Crippen LogP contribution >= 0.6 is 0 Å². The maximum Gasteiger partial charge on any atom is 0.407 e. The Balaban J connectivity index is 0.935. The Morgan fingerprint density at radius 3 is 1.87 bits per heavy atom. The van der Waals surface area contributed by atoms with Gasteiger partial charge in [0.15, 0.2) is 5.79 Å². The fourth-order valence-electron chi connectivity index (χ4n) is 9.10. The summed E-state index contributed by atoms with van der Waals surface area (Å²) in [6, 6.07) is 14.1. The van der Waals surface area contributed by atoms with E-state index in [0.717, 1.165) is 39.2 Å². The number of hydrogen-bond donors (Lipinski definition) is 3. The van der Waals surface area contributed by atoms with Crippen molar-refractivity contribution >= 4 is 35.3 Å². The average Bonchev–Trinajstić information content (AvgIpc) is 4.15. The maximum absolute atomic E-state index is 14.0. The monoisotopic (exact) mass is 853 g/mol. The molecule has 4 amide bonds. The molecule has 1 unspecified atom stereocenters. The first-order valence-corrected chi connectivity index (χ1v) is 21.1. The summed E-state index contributed by atoms with van der Waals surface area (Å²) >= 11 is 0. The summed E-state index contributed by atoms with van der Waals surface area (Å²) in [6.45, 7) is 9.48. The second kappa shape index (κ2) is 17.6. The number of rotatable bonds is 11. The number of likely N-dealkylation sites (tertiary alicyclic amines) is 2. The van der Waals surface area contributed by atoms with Gasteiger partial charge in [-0.3, -0.25) is 14.6 Å². The zero-order valence-corrected chi connectivity index (χ0v) is 36.0. The van der Waals surface area contributed by atoms with Gasteiger partial charge in [-0.25, -0.2) is 14.6 Å². The van der Waals surface area contributed by atoms with Crippen LogP contribution < -0.4 is 10.6 Å². The van der Waals surface area contributed by atoms with Crippen LogP contribution in [0.25, 0.3) is 28.0 Å². The molecule has 17 nitrogen and oxygen atoms in total. The van der Waals surface area contributed by atoms with E-state index in [-0.39, 0.29) is 43.0 Å². The lowest BCUT2D eigenvalue weighted by Gasteiger charge is -2.31. The van der Waals surface area contributed by atoms with Gasteiger partial charge in [0.1, 0.15) is 30.3 Å². The summed E-state index contributed by atoms with van der Waals surface area (Å²) in [5.74, 6) is -1.12. The van der Waals surface area contributed by atoms with Crippen LogP contribution in [0.1, 0.15) is 64.4 Å². The number of imidazole rings is 1. The van der Waals surface area contributed by atoms with Crippen molar-refractivity contribution in [3.8, 4) is 22.4 Å². The van der Waals surface area contributed by atoms with Crippen LogP contribution in [0.15, 0.2) is 65.9 Å². The lowest BCUT2D eigenvalue weighted by Crippen LogP contribution is -2.54. The Bertz CT molecular complexity index is 2210. The lowest BCUT2D eigenvalue weighted by molar-refractivity contribution is -0.153. The first-order chi connectivity index (χ1) is 29.8. The number of amides is 4. The van der Waals surface area contributed by atoms with Crippen molar-refractivity contribution in [2.24, 2.45) is 16.8 Å². The zero-order valence-electron chi connectivity index (χ0n) is 36.0. The van der Waals surface area contributed by atoms with E-state index >= 15 is 0 Å². The number of methoxy groups -OCH3 is 2. The van der Waals surface area contributed by atoms with Crippen LogP contribution in [0.4, 0.5) is 9.59 Å². The number of benzene rings is 2. The molecular weight excluding hydrogens is 799 g/mol. The highest BCUT2D eigenvalue weighted by molar-refractivity contribution is 6.04. The zero-order chi connectivity index (χ0) is 43.8. The van der Waals surface area contributed by atoms with E-state index in [9.17, 15) is 19.2 Å². The molecule has 330 valence electrons. The number of carbonyl (C=O) groups excluding carboxylic acids is 4. The van der Waals surface area contributed by atoms with Gasteiger partial charge in [-0.05, 0) is 39.7 Å². The predicted octanol–water partition coefficient (Wildman–Crippen LogP) is 5.05. The van der Waals surface area contributed by atoms with Gasteiger partial charge in [-0.1, -0.05) is 76.2 Å². The topological polar surface area (TPSA) is 195 Å². The van der Waals surface area contributed by atoms with Gasteiger partial charge in [-0.2, -0.15) is 0 Å². The molecule has 5 aliphatic heterocycles. The van der Waals surface area contributed by atoms with Gasteiger partial charge < -0.3 is 53.8 Å². The summed E-state index contributed by atoms with van der Waals surface area (Å²) in [7, 11) is 2.55. The second-order valence-corrected chi connectivity index (χ2v) is 17.3. The number of hydrogen-bond acceptors (Lipinski definition) is 12. The van der Waals surface area contributed by atoms with Crippen LogP contribution in [-0.2, 0) is 38.0 Å². The van der Waals surface area contributed by atoms with Crippen molar-refractivity contribution in [1.82, 2.24) is 30.4 Å². The van der Waals surface area contributed by atoms with E-state index in [1.165, 1.54) is 14.2 Å². The molecule has 2 aromatic carbocycles. The third-order valence-electron chi connectivity index (χ3n) is 12.5. The van der Waals surface area contributed by atoms with Crippen molar-refractivity contribution in [3.05, 3.63) is 72.3 Å². The number of aromatic nitrogens is 2. The Morgan fingerprint density at radius 1 is 0.758 bits per heavy atom. The number of alkyl carbamates (subject to hydrolysis) is 2. The Kier molecular flexibility index (Phi) is 12.2. The van der Waals surface area contributed by atoms with Gasteiger partial charge in [-0.15, -0.1) is 0 Å². The minimum Gasteiger partial charge on any atom is -0.453 e. The molecule has 62 heavy (non-hydrogen) atoms. The number of allylic oxidation sites excluding steroid dienone is 1. The molecule has 5 aliphatic rings. The molecule has 5 atom stereocenters. The average molecular weight is 854 g/mol. The van der Waals surface area contributed by atoms with Gasteiger partial charge in [0, 0.05) is 31.2 Å². The number of nitrogens with zero attached hydrogens (tertiary/aromatic N) is 4. The van der Waals surface area contributed by atoms with Crippen molar-refractivity contribution in [1.29, 1.82) is 0 Å². The normalized spacial score (nSPS) is 23.9. The minimum atomic E-state index is -0.903. The molecule has 2 spiro atoms. The Morgan fingerprint density at radius 2 is 1.32 bits per heavy atom. The van der Waals surface area contributed by atoms with E-state index in [1.807, 2.05) is 46.0 Å². The van der Waals surface area contributed by atoms with Crippen molar-refractivity contribution in [3.63, 3.8) is 0 Å². The third-order valence-corrected chi connectivity index (χ3v) is 12.5. The van der Waals surface area contributed by atoms with E-state index in [1.54, 1.807) is 16.0 Å². The molecule has 4 fully saturated rings. The van der Waals surface area contributed by atoms with Crippen molar-refractivity contribution < 1.29 is 47.6 Å². The van der Waals surface area contributed by atoms with E-state index in [0.29, 0.717) is 51.5 Å².